The first-order valence-electron chi connectivity index (χ1n) is 3.56. The molecule has 0 nitrogen and oxygen atoms in total. The van der Waals surface area contributed by atoms with Gasteiger partial charge in [0.25, 0.3) is 0 Å². The van der Waals surface area contributed by atoms with Crippen molar-refractivity contribution in [3.8, 4) is 0 Å². The molecule has 0 aliphatic rings. The van der Waals surface area contributed by atoms with Crippen LogP contribution < -0.4 is 0 Å². The fourth-order valence-electron chi connectivity index (χ4n) is 0.760. The summed E-state index contributed by atoms with van der Waals surface area (Å²) in [5.74, 6) is 0. The molecule has 0 aliphatic carbocycles. The van der Waals surface area contributed by atoms with Gasteiger partial charge in [0.05, 0.1) is 18.5 Å². The van der Waals surface area contributed by atoms with Gasteiger partial charge in [0.15, 0.2) is 0 Å². The molecular formula is C8H4Cl2S4. The predicted octanol–water partition coefficient (Wildman–Crippen LogP) is 5.92. The van der Waals surface area contributed by atoms with Gasteiger partial charge in [-0.25, -0.2) is 0 Å². The topological polar surface area (TPSA) is 0 Å². The van der Waals surface area contributed by atoms with Crippen molar-refractivity contribution in [2.45, 2.75) is 8.42 Å². The highest BCUT2D eigenvalue weighted by Gasteiger charge is 2.02. The molecule has 2 aromatic heterocycles. The van der Waals surface area contributed by atoms with E-state index in [4.69, 9.17) is 23.2 Å². The first-order chi connectivity index (χ1) is 6.74. The minimum Gasteiger partial charge on any atom is -0.135 e. The molecule has 2 rings (SSSR count). The summed E-state index contributed by atoms with van der Waals surface area (Å²) >= 11 is 14.9. The summed E-state index contributed by atoms with van der Waals surface area (Å²) in [7, 11) is 3.42. The van der Waals surface area contributed by atoms with Gasteiger partial charge in [-0.05, 0) is 33.7 Å². The normalized spacial score (nSPS) is 10.7. The van der Waals surface area contributed by atoms with Crippen LogP contribution in [0.25, 0.3) is 0 Å². The van der Waals surface area contributed by atoms with E-state index in [2.05, 4.69) is 0 Å². The maximum atomic E-state index is 5.82. The lowest BCUT2D eigenvalue weighted by molar-refractivity contribution is 1.74. The minimum atomic E-state index is 0.808. The number of halogens is 2. The zero-order valence-electron chi connectivity index (χ0n) is 6.70. The van der Waals surface area contributed by atoms with E-state index in [0.29, 0.717) is 0 Å². The fourth-order valence-corrected chi connectivity index (χ4v) is 5.71. The summed E-state index contributed by atoms with van der Waals surface area (Å²) in [6, 6.07) is 3.94. The Balaban J connectivity index is 1.94. The first kappa shape index (κ1) is 11.2. The van der Waals surface area contributed by atoms with Crippen molar-refractivity contribution in [2.75, 3.05) is 0 Å². The fraction of sp³-hybridized carbons (Fsp3) is 0. The molecule has 0 saturated carbocycles. The molecule has 0 aromatic carbocycles. The maximum Gasteiger partial charge on any atom is 0.0725 e. The van der Waals surface area contributed by atoms with Gasteiger partial charge in [-0.2, -0.15) is 0 Å². The number of rotatable bonds is 3. The average molecular weight is 299 g/mol. The summed E-state index contributed by atoms with van der Waals surface area (Å²) in [6.45, 7) is 0. The molecule has 2 heterocycles. The Kier molecular flexibility index (Phi) is 4.10. The van der Waals surface area contributed by atoms with E-state index in [9.17, 15) is 0 Å². The van der Waals surface area contributed by atoms with Gasteiger partial charge in [0.1, 0.15) is 0 Å². The van der Waals surface area contributed by atoms with Crippen LogP contribution in [0.3, 0.4) is 0 Å². The van der Waals surface area contributed by atoms with Crippen LogP contribution in [-0.4, -0.2) is 0 Å². The Morgan fingerprint density at radius 3 is 1.57 bits per heavy atom. The third kappa shape index (κ3) is 3.08. The van der Waals surface area contributed by atoms with E-state index in [1.54, 1.807) is 44.3 Å². The standard InChI is InChI=1S/C8H4Cl2S4/c9-5-1-7(11-3-5)13-14-8-2-6(10)4-12-8/h1-4H. The van der Waals surface area contributed by atoms with Gasteiger partial charge in [-0.1, -0.05) is 23.2 Å². The summed E-state index contributed by atoms with van der Waals surface area (Å²) in [6.07, 6.45) is 0. The lowest BCUT2D eigenvalue weighted by Crippen LogP contribution is -1.53. The molecular weight excluding hydrogens is 295 g/mol. The number of hydrogen-bond acceptors (Lipinski definition) is 4. The van der Waals surface area contributed by atoms with Crippen molar-refractivity contribution in [3.05, 3.63) is 32.9 Å². The second kappa shape index (κ2) is 5.14. The molecule has 0 aliphatic heterocycles. The largest absolute Gasteiger partial charge is 0.135 e. The molecule has 2 aromatic rings. The van der Waals surface area contributed by atoms with Crippen molar-refractivity contribution in [3.63, 3.8) is 0 Å². The molecule has 0 N–H and O–H groups in total. The molecule has 0 radical (unpaired) electrons. The molecule has 0 atom stereocenters. The smallest absolute Gasteiger partial charge is 0.0725 e. The van der Waals surface area contributed by atoms with Gasteiger partial charge in [0.2, 0.25) is 0 Å². The zero-order chi connectivity index (χ0) is 9.97. The minimum absolute atomic E-state index is 0.808. The quantitative estimate of drug-likeness (QED) is 0.646. The third-order valence-corrected chi connectivity index (χ3v) is 7.12. The van der Waals surface area contributed by atoms with Crippen molar-refractivity contribution in [1.82, 2.24) is 0 Å². The highest BCUT2D eigenvalue weighted by Crippen LogP contribution is 2.43. The lowest BCUT2D eigenvalue weighted by Gasteiger charge is -1.92. The van der Waals surface area contributed by atoms with E-state index in [1.165, 1.54) is 8.42 Å². The Morgan fingerprint density at radius 1 is 0.857 bits per heavy atom. The van der Waals surface area contributed by atoms with Crippen molar-refractivity contribution in [2.24, 2.45) is 0 Å². The van der Waals surface area contributed by atoms with Crippen LogP contribution in [0.1, 0.15) is 0 Å². The average Bonchev–Trinajstić information content (AvgIpc) is 2.72. The van der Waals surface area contributed by atoms with Gasteiger partial charge >= 0.3 is 0 Å². The zero-order valence-corrected chi connectivity index (χ0v) is 11.5. The Morgan fingerprint density at radius 2 is 1.29 bits per heavy atom. The van der Waals surface area contributed by atoms with E-state index >= 15 is 0 Å². The number of thiophene rings is 2. The summed E-state index contributed by atoms with van der Waals surface area (Å²) < 4.78 is 2.43. The van der Waals surface area contributed by atoms with Crippen LogP contribution in [0.15, 0.2) is 31.3 Å². The van der Waals surface area contributed by atoms with E-state index < -0.39 is 0 Å². The van der Waals surface area contributed by atoms with Gasteiger partial charge in [-0.15, -0.1) is 22.7 Å². The third-order valence-electron chi connectivity index (χ3n) is 1.29. The molecule has 0 unspecified atom stereocenters. The van der Waals surface area contributed by atoms with Crippen molar-refractivity contribution >= 4 is 67.5 Å². The van der Waals surface area contributed by atoms with E-state index in [0.717, 1.165) is 10.0 Å². The maximum absolute atomic E-state index is 5.82. The first-order valence-corrected chi connectivity index (χ1v) is 8.23. The van der Waals surface area contributed by atoms with Crippen LogP contribution in [0, 0.1) is 0 Å². The van der Waals surface area contributed by atoms with Crippen LogP contribution >= 0.6 is 67.5 Å². The Hall–Kier alpha value is 0.680. The molecule has 0 saturated heterocycles. The van der Waals surface area contributed by atoms with Crippen molar-refractivity contribution < 1.29 is 0 Å². The van der Waals surface area contributed by atoms with Crippen molar-refractivity contribution in [1.29, 1.82) is 0 Å². The van der Waals surface area contributed by atoms with Gasteiger partial charge in [-0.3, -0.25) is 0 Å². The van der Waals surface area contributed by atoms with Gasteiger partial charge in [0, 0.05) is 10.8 Å². The summed E-state index contributed by atoms with van der Waals surface area (Å²) in [5.41, 5.74) is 0. The highest BCUT2D eigenvalue weighted by molar-refractivity contribution is 8.77. The molecule has 0 bridgehead atoms. The molecule has 6 heteroatoms. The summed E-state index contributed by atoms with van der Waals surface area (Å²) in [5, 5.41) is 5.49. The lowest BCUT2D eigenvalue weighted by atomic mass is 10.7. The summed E-state index contributed by atoms with van der Waals surface area (Å²) in [4.78, 5) is 0. The second-order valence-corrected chi connectivity index (χ2v) is 7.76. The molecule has 74 valence electrons. The number of hydrogen-bond donors (Lipinski definition) is 0. The van der Waals surface area contributed by atoms with Crippen LogP contribution in [-0.2, 0) is 0 Å². The highest BCUT2D eigenvalue weighted by atomic mass is 35.5. The Bertz CT molecular complexity index is 380. The van der Waals surface area contributed by atoms with Crippen LogP contribution in [0.2, 0.25) is 10.0 Å². The SMILES string of the molecule is Clc1csc(SSc2cc(Cl)cs2)c1. The van der Waals surface area contributed by atoms with E-state index in [1.807, 2.05) is 22.9 Å². The molecule has 0 amide bonds. The predicted molar refractivity (Wildman–Crippen MR) is 70.4 cm³/mol. The molecule has 14 heavy (non-hydrogen) atoms. The monoisotopic (exact) mass is 298 g/mol. The van der Waals surface area contributed by atoms with Gasteiger partial charge < -0.3 is 0 Å². The molecule has 0 spiro atoms. The second-order valence-electron chi connectivity index (χ2n) is 2.33. The van der Waals surface area contributed by atoms with Crippen LogP contribution in [0.4, 0.5) is 0 Å². The van der Waals surface area contributed by atoms with E-state index in [-0.39, 0.29) is 0 Å². The molecule has 0 fully saturated rings. The Labute approximate surface area is 108 Å². The van der Waals surface area contributed by atoms with Crippen LogP contribution in [0.5, 0.6) is 0 Å².